The lowest BCUT2D eigenvalue weighted by Gasteiger charge is -2.47. The van der Waals surface area contributed by atoms with E-state index in [1.54, 1.807) is 0 Å². The first kappa shape index (κ1) is 16.2. The van der Waals surface area contributed by atoms with Gasteiger partial charge in [-0.25, -0.2) is 0 Å². The third kappa shape index (κ3) is 2.66. The molecule has 121 valence electrons. The van der Waals surface area contributed by atoms with Crippen LogP contribution in [0.5, 0.6) is 0 Å². The van der Waals surface area contributed by atoms with E-state index in [1.165, 1.54) is 5.56 Å². The Hall–Kier alpha value is -2.70. The van der Waals surface area contributed by atoms with Crippen LogP contribution in [0.25, 0.3) is 0 Å². The van der Waals surface area contributed by atoms with E-state index in [2.05, 4.69) is 10.2 Å². The van der Waals surface area contributed by atoms with Gasteiger partial charge in [-0.15, -0.1) is 0 Å². The predicted octanol–water partition coefficient (Wildman–Crippen LogP) is 1.22. The SMILES string of the molecule is N#CC1C(=O)[N]C(=O)C(C#N)C12CCN(Cc1ccccc1)CC2. The predicted molar refractivity (Wildman–Crippen MR) is 83.7 cm³/mol. The quantitative estimate of drug-likeness (QED) is 0.763. The summed E-state index contributed by atoms with van der Waals surface area (Å²) < 4.78 is 0. The Bertz CT molecular complexity index is 690. The van der Waals surface area contributed by atoms with Crippen molar-refractivity contribution >= 4 is 11.8 Å². The maximum atomic E-state index is 12.0. The second kappa shape index (κ2) is 6.43. The van der Waals surface area contributed by atoms with Gasteiger partial charge in [0.15, 0.2) is 0 Å². The maximum Gasteiger partial charge on any atom is 0.266 e. The van der Waals surface area contributed by atoms with Gasteiger partial charge in [0.1, 0.15) is 11.8 Å². The number of benzene rings is 1. The lowest BCUT2D eigenvalue weighted by molar-refractivity contribution is -0.148. The topological polar surface area (TPSA) is 99.1 Å². The van der Waals surface area contributed by atoms with Crippen molar-refractivity contribution in [3.05, 3.63) is 35.9 Å². The van der Waals surface area contributed by atoms with E-state index in [4.69, 9.17) is 0 Å². The first-order chi connectivity index (χ1) is 11.6. The second-order valence-electron chi connectivity index (χ2n) is 6.41. The molecule has 2 saturated heterocycles. The number of rotatable bonds is 2. The molecule has 1 aromatic carbocycles. The Labute approximate surface area is 140 Å². The molecule has 24 heavy (non-hydrogen) atoms. The van der Waals surface area contributed by atoms with Crippen molar-refractivity contribution in [1.29, 1.82) is 10.5 Å². The summed E-state index contributed by atoms with van der Waals surface area (Å²) in [4.78, 5) is 26.2. The first-order valence-corrected chi connectivity index (χ1v) is 7.95. The number of piperidine rings is 2. The van der Waals surface area contributed by atoms with Gasteiger partial charge in [0.05, 0.1) is 12.1 Å². The highest BCUT2D eigenvalue weighted by atomic mass is 16.2. The fraction of sp³-hybridized carbons (Fsp3) is 0.444. The molecular formula is C18H17N4O2. The summed E-state index contributed by atoms with van der Waals surface area (Å²) in [7, 11) is 0. The van der Waals surface area contributed by atoms with Crippen molar-refractivity contribution in [2.24, 2.45) is 17.3 Å². The van der Waals surface area contributed by atoms with Gasteiger partial charge in [0.25, 0.3) is 11.8 Å². The van der Waals surface area contributed by atoms with Crippen LogP contribution in [-0.4, -0.2) is 29.8 Å². The number of nitrogens with zero attached hydrogens (tertiary/aromatic N) is 4. The molecule has 2 fully saturated rings. The Balaban J connectivity index is 1.78. The number of hydrogen-bond acceptors (Lipinski definition) is 5. The summed E-state index contributed by atoms with van der Waals surface area (Å²) in [6, 6.07) is 14.0. The minimum atomic E-state index is -1.00. The Kier molecular flexibility index (Phi) is 4.33. The minimum absolute atomic E-state index is 0.475. The molecule has 2 aliphatic heterocycles. The van der Waals surface area contributed by atoms with Gasteiger partial charge in [-0.05, 0) is 31.5 Å². The number of nitriles is 2. The minimum Gasteiger partial charge on any atom is -0.299 e. The summed E-state index contributed by atoms with van der Waals surface area (Å²) in [6.45, 7) is 2.06. The summed E-state index contributed by atoms with van der Waals surface area (Å²) in [5, 5.41) is 22.2. The number of carbonyl (C=O) groups excluding carboxylic acids is 2. The Morgan fingerprint density at radius 1 is 1.04 bits per heavy atom. The molecule has 3 rings (SSSR count). The monoisotopic (exact) mass is 321 g/mol. The van der Waals surface area contributed by atoms with Crippen molar-refractivity contribution in [1.82, 2.24) is 10.2 Å². The zero-order valence-corrected chi connectivity index (χ0v) is 13.2. The molecule has 6 nitrogen and oxygen atoms in total. The van der Waals surface area contributed by atoms with Crippen molar-refractivity contribution < 1.29 is 9.59 Å². The van der Waals surface area contributed by atoms with E-state index >= 15 is 0 Å². The largest absolute Gasteiger partial charge is 0.299 e. The molecule has 2 atom stereocenters. The van der Waals surface area contributed by atoms with Gasteiger partial charge < -0.3 is 0 Å². The molecule has 0 aliphatic carbocycles. The van der Waals surface area contributed by atoms with E-state index in [-0.39, 0.29) is 0 Å². The Morgan fingerprint density at radius 2 is 1.58 bits per heavy atom. The molecule has 0 N–H and O–H groups in total. The number of amides is 2. The fourth-order valence-electron chi connectivity index (χ4n) is 3.81. The maximum absolute atomic E-state index is 12.0. The summed E-state index contributed by atoms with van der Waals surface area (Å²) >= 11 is 0. The highest BCUT2D eigenvalue weighted by Crippen LogP contribution is 2.48. The molecule has 1 spiro atoms. The molecule has 0 saturated carbocycles. The van der Waals surface area contributed by atoms with Gasteiger partial charge in [-0.3, -0.25) is 14.5 Å². The molecule has 1 radical (unpaired) electrons. The zero-order chi connectivity index (χ0) is 17.2. The van der Waals surface area contributed by atoms with Crippen LogP contribution in [0.1, 0.15) is 18.4 Å². The third-order valence-corrected chi connectivity index (χ3v) is 5.16. The molecule has 1 aromatic rings. The Morgan fingerprint density at radius 3 is 2.08 bits per heavy atom. The van der Waals surface area contributed by atoms with Crippen LogP contribution in [0.15, 0.2) is 30.3 Å². The van der Waals surface area contributed by atoms with Crippen molar-refractivity contribution in [2.75, 3.05) is 13.1 Å². The van der Waals surface area contributed by atoms with Crippen molar-refractivity contribution in [3.8, 4) is 12.1 Å². The molecule has 2 amide bonds. The van der Waals surface area contributed by atoms with Gasteiger partial charge in [0, 0.05) is 12.0 Å². The molecule has 2 aliphatic rings. The van der Waals surface area contributed by atoms with Crippen LogP contribution in [0.4, 0.5) is 0 Å². The smallest absolute Gasteiger partial charge is 0.266 e. The van der Waals surface area contributed by atoms with Gasteiger partial charge in [0.2, 0.25) is 0 Å². The highest BCUT2D eigenvalue weighted by Gasteiger charge is 2.57. The average Bonchev–Trinajstić information content (AvgIpc) is 2.58. The fourth-order valence-corrected chi connectivity index (χ4v) is 3.81. The third-order valence-electron chi connectivity index (χ3n) is 5.16. The standard InChI is InChI=1S/C18H17N4O2/c19-10-14-16(23)21-17(24)15(11-20)18(14)6-8-22(9-7-18)12-13-4-2-1-3-5-13/h1-5,14-15H,6-9,12H2. The molecule has 6 heteroatoms. The average molecular weight is 321 g/mol. The number of hydrogen-bond donors (Lipinski definition) is 0. The van der Waals surface area contributed by atoms with Gasteiger partial charge >= 0.3 is 0 Å². The van der Waals surface area contributed by atoms with Gasteiger partial charge in [-0.1, -0.05) is 30.3 Å². The number of likely N-dealkylation sites (tertiary alicyclic amines) is 1. The summed E-state index contributed by atoms with van der Waals surface area (Å²) in [5.41, 5.74) is 0.292. The van der Waals surface area contributed by atoms with Crippen molar-refractivity contribution in [3.63, 3.8) is 0 Å². The number of carbonyl (C=O) groups is 2. The molecule has 2 unspecified atom stereocenters. The lowest BCUT2D eigenvalue weighted by atomic mass is 9.59. The molecular weight excluding hydrogens is 304 g/mol. The van der Waals surface area contributed by atoms with E-state index in [0.29, 0.717) is 25.9 Å². The highest BCUT2D eigenvalue weighted by molar-refractivity contribution is 6.02. The van der Waals surface area contributed by atoms with Crippen LogP contribution in [0, 0.1) is 39.9 Å². The van der Waals surface area contributed by atoms with Crippen LogP contribution in [-0.2, 0) is 16.1 Å². The summed E-state index contributed by atoms with van der Waals surface area (Å²) in [5.74, 6) is -3.38. The normalized spacial score (nSPS) is 26.4. The van der Waals surface area contributed by atoms with Crippen LogP contribution in [0.3, 0.4) is 0 Å². The molecule has 2 heterocycles. The van der Waals surface area contributed by atoms with E-state index in [9.17, 15) is 20.1 Å². The van der Waals surface area contributed by atoms with Crippen LogP contribution in [0.2, 0.25) is 0 Å². The zero-order valence-electron chi connectivity index (χ0n) is 13.2. The van der Waals surface area contributed by atoms with E-state index in [0.717, 1.165) is 6.54 Å². The van der Waals surface area contributed by atoms with Crippen LogP contribution >= 0.6 is 0 Å². The van der Waals surface area contributed by atoms with E-state index in [1.807, 2.05) is 42.5 Å². The van der Waals surface area contributed by atoms with Crippen molar-refractivity contribution in [2.45, 2.75) is 19.4 Å². The first-order valence-electron chi connectivity index (χ1n) is 7.95. The van der Waals surface area contributed by atoms with Crippen LogP contribution < -0.4 is 5.32 Å². The van der Waals surface area contributed by atoms with Gasteiger partial charge in [-0.2, -0.15) is 15.8 Å². The number of imide groups is 1. The lowest BCUT2D eigenvalue weighted by Crippen LogP contribution is -2.58. The molecule has 0 bridgehead atoms. The molecule has 0 aromatic heterocycles. The second-order valence-corrected chi connectivity index (χ2v) is 6.41. The van der Waals surface area contributed by atoms with E-state index < -0.39 is 29.1 Å². The summed E-state index contributed by atoms with van der Waals surface area (Å²) in [6.07, 6.45) is 0.951.